The number of sulfonamides is 1. The van der Waals surface area contributed by atoms with Gasteiger partial charge in [0.05, 0.1) is 18.0 Å². The molecule has 1 heterocycles. The van der Waals surface area contributed by atoms with Crippen molar-refractivity contribution in [3.8, 4) is 5.75 Å². The maximum absolute atomic E-state index is 13.1. The Morgan fingerprint density at radius 1 is 1.14 bits per heavy atom. The van der Waals surface area contributed by atoms with Crippen LogP contribution >= 0.6 is 0 Å². The average molecular weight is 421 g/mol. The van der Waals surface area contributed by atoms with Gasteiger partial charge in [0.25, 0.3) is 0 Å². The number of halogens is 1. The fourth-order valence-corrected chi connectivity index (χ4v) is 5.02. The summed E-state index contributed by atoms with van der Waals surface area (Å²) in [5.41, 5.74) is 0.889. The SMILES string of the molecule is COc1ccccc1[C@@H](C)NC(=O)C1CCN(S(=O)(=O)c2ccc(F)cc2)CC1. The van der Waals surface area contributed by atoms with E-state index in [1.165, 1.54) is 16.4 Å². The van der Waals surface area contributed by atoms with E-state index in [4.69, 9.17) is 4.74 Å². The van der Waals surface area contributed by atoms with Gasteiger partial charge in [0.15, 0.2) is 0 Å². The third-order valence-corrected chi connectivity index (χ3v) is 7.15. The number of rotatable bonds is 6. The predicted octanol–water partition coefficient (Wildman–Crippen LogP) is 3.11. The molecule has 0 aromatic heterocycles. The van der Waals surface area contributed by atoms with Gasteiger partial charge < -0.3 is 10.1 Å². The Kier molecular flexibility index (Phi) is 6.54. The molecule has 1 aliphatic rings. The molecular weight excluding hydrogens is 395 g/mol. The first-order valence-electron chi connectivity index (χ1n) is 9.52. The molecule has 3 rings (SSSR count). The van der Waals surface area contributed by atoms with Crippen molar-refractivity contribution in [2.75, 3.05) is 20.2 Å². The lowest BCUT2D eigenvalue weighted by Gasteiger charge is -2.31. The monoisotopic (exact) mass is 420 g/mol. The van der Waals surface area contributed by atoms with Crippen molar-refractivity contribution >= 4 is 15.9 Å². The standard InChI is InChI=1S/C21H25FN2O4S/c1-15(19-5-3-4-6-20(19)28-2)23-21(25)16-11-13-24(14-12-16)29(26,27)18-9-7-17(22)8-10-18/h3-10,15-16H,11-14H2,1-2H3,(H,23,25)/t15-/m1/s1. The van der Waals surface area contributed by atoms with Gasteiger partial charge in [-0.05, 0) is 50.1 Å². The van der Waals surface area contributed by atoms with Crippen molar-refractivity contribution in [3.63, 3.8) is 0 Å². The normalized spacial score (nSPS) is 16.9. The summed E-state index contributed by atoms with van der Waals surface area (Å²) >= 11 is 0. The molecule has 8 heteroatoms. The van der Waals surface area contributed by atoms with Gasteiger partial charge >= 0.3 is 0 Å². The number of piperidine rings is 1. The minimum absolute atomic E-state index is 0.0617. The molecule has 0 radical (unpaired) electrons. The Labute approximate surface area is 170 Å². The highest BCUT2D eigenvalue weighted by Crippen LogP contribution is 2.27. The molecule has 0 unspecified atom stereocenters. The zero-order chi connectivity index (χ0) is 21.0. The van der Waals surface area contributed by atoms with Crippen LogP contribution in [0.25, 0.3) is 0 Å². The summed E-state index contributed by atoms with van der Waals surface area (Å²) in [7, 11) is -2.10. The molecular formula is C21H25FN2O4S. The maximum atomic E-state index is 13.1. The fraction of sp³-hybridized carbons (Fsp3) is 0.381. The molecule has 0 bridgehead atoms. The summed E-state index contributed by atoms with van der Waals surface area (Å²) in [5, 5.41) is 3.00. The Bertz CT molecular complexity index is 955. The summed E-state index contributed by atoms with van der Waals surface area (Å²) in [4.78, 5) is 12.7. The highest BCUT2D eigenvalue weighted by Gasteiger charge is 2.32. The van der Waals surface area contributed by atoms with E-state index in [0.29, 0.717) is 18.6 Å². The summed E-state index contributed by atoms with van der Waals surface area (Å²) in [6.45, 7) is 2.39. The van der Waals surface area contributed by atoms with Crippen LogP contribution < -0.4 is 10.1 Å². The van der Waals surface area contributed by atoms with Gasteiger partial charge in [0.2, 0.25) is 15.9 Å². The number of carbonyl (C=O) groups is 1. The van der Waals surface area contributed by atoms with Gasteiger partial charge in [-0.15, -0.1) is 0 Å². The average Bonchev–Trinajstić information content (AvgIpc) is 2.74. The molecule has 29 heavy (non-hydrogen) atoms. The zero-order valence-corrected chi connectivity index (χ0v) is 17.3. The number of hydrogen-bond acceptors (Lipinski definition) is 4. The van der Waals surface area contributed by atoms with Gasteiger partial charge in [0.1, 0.15) is 11.6 Å². The number of para-hydroxylation sites is 1. The Morgan fingerprint density at radius 2 is 1.76 bits per heavy atom. The molecule has 1 N–H and O–H groups in total. The van der Waals surface area contributed by atoms with Crippen LogP contribution in [0.2, 0.25) is 0 Å². The van der Waals surface area contributed by atoms with Crippen LogP contribution in [0, 0.1) is 11.7 Å². The fourth-order valence-electron chi connectivity index (χ4n) is 3.55. The number of methoxy groups -OCH3 is 1. The largest absolute Gasteiger partial charge is 0.496 e. The molecule has 1 atom stereocenters. The highest BCUT2D eigenvalue weighted by atomic mass is 32.2. The quantitative estimate of drug-likeness (QED) is 0.779. The number of ether oxygens (including phenoxy) is 1. The topological polar surface area (TPSA) is 75.7 Å². The van der Waals surface area contributed by atoms with E-state index in [1.807, 2.05) is 31.2 Å². The van der Waals surface area contributed by atoms with Crippen LogP contribution in [0.4, 0.5) is 4.39 Å². The lowest BCUT2D eigenvalue weighted by Crippen LogP contribution is -2.43. The second-order valence-electron chi connectivity index (χ2n) is 7.10. The van der Waals surface area contributed by atoms with Crippen LogP contribution in [-0.2, 0) is 14.8 Å². The van der Waals surface area contributed by atoms with Crippen LogP contribution in [0.15, 0.2) is 53.4 Å². The number of carbonyl (C=O) groups excluding carboxylic acids is 1. The second-order valence-corrected chi connectivity index (χ2v) is 9.04. The van der Waals surface area contributed by atoms with E-state index in [9.17, 15) is 17.6 Å². The van der Waals surface area contributed by atoms with E-state index in [1.54, 1.807) is 7.11 Å². The lowest BCUT2D eigenvalue weighted by atomic mass is 9.96. The van der Waals surface area contributed by atoms with Crippen molar-refractivity contribution < 1.29 is 22.3 Å². The van der Waals surface area contributed by atoms with Crippen LogP contribution in [-0.4, -0.2) is 38.8 Å². The molecule has 6 nitrogen and oxygen atoms in total. The van der Waals surface area contributed by atoms with Crippen molar-refractivity contribution in [1.29, 1.82) is 0 Å². The number of nitrogens with one attached hydrogen (secondary N) is 1. The lowest BCUT2D eigenvalue weighted by molar-refractivity contribution is -0.126. The Hall–Kier alpha value is -2.45. The summed E-state index contributed by atoms with van der Waals surface area (Å²) < 4.78 is 45.2. The molecule has 156 valence electrons. The molecule has 1 aliphatic heterocycles. The molecule has 1 amide bonds. The van der Waals surface area contributed by atoms with E-state index < -0.39 is 15.8 Å². The van der Waals surface area contributed by atoms with E-state index in [-0.39, 0.29) is 35.9 Å². The van der Waals surface area contributed by atoms with Gasteiger partial charge in [-0.1, -0.05) is 18.2 Å². The summed E-state index contributed by atoms with van der Waals surface area (Å²) in [6, 6.07) is 12.1. The first-order valence-corrected chi connectivity index (χ1v) is 11.0. The number of benzene rings is 2. The van der Waals surface area contributed by atoms with Crippen LogP contribution in [0.3, 0.4) is 0 Å². The molecule has 1 saturated heterocycles. The Morgan fingerprint density at radius 3 is 2.38 bits per heavy atom. The zero-order valence-electron chi connectivity index (χ0n) is 16.5. The second kappa shape index (κ2) is 8.92. The first kappa shape index (κ1) is 21.3. The van der Waals surface area contributed by atoms with Gasteiger partial charge in [0, 0.05) is 24.6 Å². The summed E-state index contributed by atoms with van der Waals surface area (Å²) in [6.07, 6.45) is 0.871. The molecule has 0 spiro atoms. The van der Waals surface area contributed by atoms with Gasteiger partial charge in [-0.3, -0.25) is 4.79 Å². The van der Waals surface area contributed by atoms with E-state index in [0.717, 1.165) is 17.7 Å². The van der Waals surface area contributed by atoms with Crippen LogP contribution in [0.1, 0.15) is 31.4 Å². The molecule has 2 aromatic carbocycles. The van der Waals surface area contributed by atoms with Crippen molar-refractivity contribution in [2.45, 2.75) is 30.7 Å². The summed E-state index contributed by atoms with van der Waals surface area (Å²) in [5.74, 6) is -0.127. The van der Waals surface area contributed by atoms with Crippen molar-refractivity contribution in [1.82, 2.24) is 9.62 Å². The van der Waals surface area contributed by atoms with E-state index >= 15 is 0 Å². The number of nitrogens with zero attached hydrogens (tertiary/aromatic N) is 1. The van der Waals surface area contributed by atoms with Crippen molar-refractivity contribution in [2.24, 2.45) is 5.92 Å². The third-order valence-electron chi connectivity index (χ3n) is 5.24. The van der Waals surface area contributed by atoms with Gasteiger partial charge in [-0.2, -0.15) is 4.31 Å². The molecule has 2 aromatic rings. The molecule has 0 saturated carbocycles. The highest BCUT2D eigenvalue weighted by molar-refractivity contribution is 7.89. The smallest absolute Gasteiger partial charge is 0.243 e. The predicted molar refractivity (Wildman–Crippen MR) is 107 cm³/mol. The van der Waals surface area contributed by atoms with Crippen molar-refractivity contribution in [3.05, 3.63) is 59.9 Å². The van der Waals surface area contributed by atoms with E-state index in [2.05, 4.69) is 5.32 Å². The van der Waals surface area contributed by atoms with Gasteiger partial charge in [-0.25, -0.2) is 12.8 Å². The molecule has 0 aliphatic carbocycles. The maximum Gasteiger partial charge on any atom is 0.243 e. The Balaban J connectivity index is 1.60. The first-order chi connectivity index (χ1) is 13.8. The number of amides is 1. The minimum Gasteiger partial charge on any atom is -0.496 e. The minimum atomic E-state index is -3.68. The van der Waals surface area contributed by atoms with Crippen LogP contribution in [0.5, 0.6) is 5.75 Å². The number of hydrogen-bond donors (Lipinski definition) is 1. The molecule has 1 fully saturated rings. The third kappa shape index (κ3) is 4.76.